The summed E-state index contributed by atoms with van der Waals surface area (Å²) in [5.41, 5.74) is 5.48. The Morgan fingerprint density at radius 2 is 1.62 bits per heavy atom. The van der Waals surface area contributed by atoms with Gasteiger partial charge in [0, 0.05) is 43.2 Å². The van der Waals surface area contributed by atoms with E-state index in [0.717, 1.165) is 79.5 Å². The van der Waals surface area contributed by atoms with E-state index in [1.165, 1.54) is 24.0 Å². The van der Waals surface area contributed by atoms with Gasteiger partial charge in [-0.1, -0.05) is 48.5 Å². The summed E-state index contributed by atoms with van der Waals surface area (Å²) in [5.74, 6) is 1.86. The normalized spacial score (nSPS) is 16.4. The number of carbonyl (C=O) groups excluding carboxylic acids is 1. The van der Waals surface area contributed by atoms with Gasteiger partial charge in [-0.2, -0.15) is 4.98 Å². The molecule has 0 unspecified atom stereocenters. The standard InChI is InChI=1S/C33H38N6O/c1-24-9-14-29-30(21-24)36-33(39-17-5-6-18-39)37-31(29)34-22-25-10-12-28(13-11-25)35-32(40)27-15-19-38(20-16-27)23-26-7-3-2-4-8-26/h2-4,7-14,21,27H,5-6,15-20,22-23H2,1H3,(H,35,40)(H,34,36,37). The third kappa shape index (κ3) is 6.26. The van der Waals surface area contributed by atoms with Crippen LogP contribution in [-0.4, -0.2) is 47.0 Å². The third-order valence-corrected chi connectivity index (χ3v) is 8.12. The van der Waals surface area contributed by atoms with Gasteiger partial charge in [0.25, 0.3) is 0 Å². The van der Waals surface area contributed by atoms with Crippen molar-refractivity contribution in [1.29, 1.82) is 0 Å². The molecule has 40 heavy (non-hydrogen) atoms. The molecule has 1 aromatic heterocycles. The number of aromatic nitrogens is 2. The number of aryl methyl sites for hydroxylation is 1. The van der Waals surface area contributed by atoms with E-state index in [2.05, 4.69) is 88.0 Å². The molecule has 3 heterocycles. The molecule has 0 atom stereocenters. The predicted octanol–water partition coefficient (Wildman–Crippen LogP) is 6.00. The summed E-state index contributed by atoms with van der Waals surface area (Å²) >= 11 is 0. The maximum atomic E-state index is 13.0. The number of benzene rings is 3. The van der Waals surface area contributed by atoms with Crippen molar-refractivity contribution in [3.8, 4) is 0 Å². The minimum atomic E-state index is 0.0628. The quantitative estimate of drug-likeness (QED) is 0.289. The number of piperidine rings is 1. The fraction of sp³-hybridized carbons (Fsp3) is 0.364. The lowest BCUT2D eigenvalue weighted by molar-refractivity contribution is -0.121. The molecule has 4 aromatic rings. The highest BCUT2D eigenvalue weighted by molar-refractivity contribution is 5.93. The molecule has 7 nitrogen and oxygen atoms in total. The van der Waals surface area contributed by atoms with Crippen LogP contribution in [0.5, 0.6) is 0 Å². The van der Waals surface area contributed by atoms with Gasteiger partial charge < -0.3 is 15.5 Å². The van der Waals surface area contributed by atoms with Gasteiger partial charge >= 0.3 is 0 Å². The SMILES string of the molecule is Cc1ccc2c(NCc3ccc(NC(=O)C4CCN(Cc5ccccc5)CC4)cc3)nc(N3CCCC3)nc2c1. The Morgan fingerprint density at radius 1 is 0.875 bits per heavy atom. The summed E-state index contributed by atoms with van der Waals surface area (Å²) in [5, 5.41) is 7.73. The lowest BCUT2D eigenvalue weighted by Gasteiger charge is -2.31. The molecule has 7 heteroatoms. The van der Waals surface area contributed by atoms with E-state index in [1.54, 1.807) is 0 Å². The van der Waals surface area contributed by atoms with Crippen molar-refractivity contribution in [2.75, 3.05) is 41.7 Å². The van der Waals surface area contributed by atoms with Crippen LogP contribution in [0.25, 0.3) is 10.9 Å². The Morgan fingerprint density at radius 3 is 2.38 bits per heavy atom. The van der Waals surface area contributed by atoms with Gasteiger partial charge in [0.1, 0.15) is 5.82 Å². The first kappa shape index (κ1) is 26.3. The van der Waals surface area contributed by atoms with Crippen molar-refractivity contribution in [1.82, 2.24) is 14.9 Å². The molecule has 2 aliphatic rings. The molecule has 6 rings (SSSR count). The topological polar surface area (TPSA) is 73.4 Å². The number of likely N-dealkylation sites (tertiary alicyclic amines) is 1. The highest BCUT2D eigenvalue weighted by Gasteiger charge is 2.25. The lowest BCUT2D eigenvalue weighted by Crippen LogP contribution is -2.37. The van der Waals surface area contributed by atoms with Gasteiger partial charge in [0.2, 0.25) is 11.9 Å². The number of anilines is 3. The van der Waals surface area contributed by atoms with E-state index in [-0.39, 0.29) is 11.8 Å². The summed E-state index contributed by atoms with van der Waals surface area (Å²) in [7, 11) is 0. The largest absolute Gasteiger partial charge is 0.365 e. The first-order chi connectivity index (χ1) is 19.6. The zero-order valence-corrected chi connectivity index (χ0v) is 23.3. The third-order valence-electron chi connectivity index (χ3n) is 8.12. The number of carbonyl (C=O) groups is 1. The molecule has 0 aliphatic carbocycles. The second kappa shape index (κ2) is 12.0. The highest BCUT2D eigenvalue weighted by atomic mass is 16.1. The number of hydrogen-bond donors (Lipinski definition) is 2. The van der Waals surface area contributed by atoms with Crippen molar-refractivity contribution >= 4 is 34.3 Å². The molecule has 0 radical (unpaired) electrons. The first-order valence-electron chi connectivity index (χ1n) is 14.5. The van der Waals surface area contributed by atoms with E-state index in [9.17, 15) is 4.79 Å². The fourth-order valence-electron chi connectivity index (χ4n) is 5.75. The number of rotatable bonds is 8. The van der Waals surface area contributed by atoms with Crippen LogP contribution in [0.2, 0.25) is 0 Å². The first-order valence-corrected chi connectivity index (χ1v) is 14.5. The molecule has 0 saturated carbocycles. The molecule has 2 aliphatic heterocycles. The molecule has 2 fully saturated rings. The Kier molecular flexibility index (Phi) is 7.91. The summed E-state index contributed by atoms with van der Waals surface area (Å²) in [6, 6.07) is 25.0. The van der Waals surface area contributed by atoms with E-state index >= 15 is 0 Å². The van der Waals surface area contributed by atoms with Gasteiger partial charge in [0.15, 0.2) is 0 Å². The molecule has 0 spiro atoms. The number of nitrogens with one attached hydrogen (secondary N) is 2. The number of hydrogen-bond acceptors (Lipinski definition) is 6. The Hall–Kier alpha value is -3.97. The second-order valence-corrected chi connectivity index (χ2v) is 11.2. The average Bonchev–Trinajstić information content (AvgIpc) is 3.53. The van der Waals surface area contributed by atoms with Crippen molar-refractivity contribution in [3.05, 3.63) is 89.5 Å². The monoisotopic (exact) mass is 534 g/mol. The van der Waals surface area contributed by atoms with Gasteiger partial charge in [-0.05, 0) is 86.7 Å². The van der Waals surface area contributed by atoms with Crippen LogP contribution in [0, 0.1) is 12.8 Å². The molecule has 3 aromatic carbocycles. The molecule has 0 bridgehead atoms. The van der Waals surface area contributed by atoms with Crippen LogP contribution in [0.4, 0.5) is 17.5 Å². The molecular formula is C33H38N6O. The maximum Gasteiger partial charge on any atom is 0.227 e. The summed E-state index contributed by atoms with van der Waals surface area (Å²) in [4.78, 5) is 27.4. The van der Waals surface area contributed by atoms with Gasteiger partial charge in [-0.3, -0.25) is 9.69 Å². The van der Waals surface area contributed by atoms with E-state index in [4.69, 9.17) is 9.97 Å². The van der Waals surface area contributed by atoms with Gasteiger partial charge in [-0.15, -0.1) is 0 Å². The van der Waals surface area contributed by atoms with Crippen LogP contribution in [0.3, 0.4) is 0 Å². The van der Waals surface area contributed by atoms with Crippen LogP contribution in [0.15, 0.2) is 72.8 Å². The van der Waals surface area contributed by atoms with Crippen molar-refractivity contribution < 1.29 is 4.79 Å². The van der Waals surface area contributed by atoms with Crippen molar-refractivity contribution in [3.63, 3.8) is 0 Å². The Bertz CT molecular complexity index is 1440. The minimum absolute atomic E-state index is 0.0628. The summed E-state index contributed by atoms with van der Waals surface area (Å²) in [6.45, 7) is 7.62. The highest BCUT2D eigenvalue weighted by Crippen LogP contribution is 2.27. The summed E-state index contributed by atoms with van der Waals surface area (Å²) in [6.07, 6.45) is 4.17. The zero-order chi connectivity index (χ0) is 27.3. The summed E-state index contributed by atoms with van der Waals surface area (Å²) < 4.78 is 0. The average molecular weight is 535 g/mol. The van der Waals surface area contributed by atoms with Crippen LogP contribution in [0.1, 0.15) is 42.4 Å². The van der Waals surface area contributed by atoms with Crippen molar-refractivity contribution in [2.24, 2.45) is 5.92 Å². The Balaban J connectivity index is 1.04. The minimum Gasteiger partial charge on any atom is -0.365 e. The van der Waals surface area contributed by atoms with Gasteiger partial charge in [0.05, 0.1) is 5.52 Å². The molecule has 1 amide bonds. The number of fused-ring (bicyclic) bond motifs is 1. The molecule has 206 valence electrons. The predicted molar refractivity (Wildman–Crippen MR) is 163 cm³/mol. The van der Waals surface area contributed by atoms with Crippen LogP contribution in [-0.2, 0) is 17.9 Å². The van der Waals surface area contributed by atoms with Crippen molar-refractivity contribution in [2.45, 2.75) is 45.7 Å². The van der Waals surface area contributed by atoms with E-state index in [1.807, 2.05) is 12.1 Å². The lowest BCUT2D eigenvalue weighted by atomic mass is 9.95. The Labute approximate surface area is 236 Å². The maximum absolute atomic E-state index is 13.0. The van der Waals surface area contributed by atoms with Gasteiger partial charge in [-0.25, -0.2) is 4.98 Å². The molecular weight excluding hydrogens is 496 g/mol. The molecule has 2 saturated heterocycles. The smallest absolute Gasteiger partial charge is 0.227 e. The van der Waals surface area contributed by atoms with Crippen LogP contribution < -0.4 is 15.5 Å². The van der Waals surface area contributed by atoms with Crippen LogP contribution >= 0.6 is 0 Å². The van der Waals surface area contributed by atoms with E-state index < -0.39 is 0 Å². The van der Waals surface area contributed by atoms with E-state index in [0.29, 0.717) is 6.54 Å². The number of nitrogens with zero attached hydrogens (tertiary/aromatic N) is 4. The number of amides is 1. The second-order valence-electron chi connectivity index (χ2n) is 11.2. The zero-order valence-electron chi connectivity index (χ0n) is 23.3. The fourth-order valence-corrected chi connectivity index (χ4v) is 5.75. The molecule has 2 N–H and O–H groups in total.